The number of nitrogens with two attached hydrogens (primary N) is 1. The van der Waals surface area contributed by atoms with Crippen LogP contribution in [-0.2, 0) is 0 Å². The van der Waals surface area contributed by atoms with Gasteiger partial charge in [-0.3, -0.25) is 14.6 Å². The number of carbonyl (C=O) groups excluding carboxylic acids is 1. The lowest BCUT2D eigenvalue weighted by Gasteiger charge is -2.18. The van der Waals surface area contributed by atoms with Gasteiger partial charge in [-0.05, 0) is 35.9 Å². The fourth-order valence-electron chi connectivity index (χ4n) is 2.93. The van der Waals surface area contributed by atoms with E-state index in [-0.39, 0.29) is 22.5 Å². The van der Waals surface area contributed by atoms with Crippen LogP contribution in [0.1, 0.15) is 34.0 Å². The van der Waals surface area contributed by atoms with E-state index in [2.05, 4.69) is 14.7 Å². The smallest absolute Gasteiger partial charge is 0.403 e. The van der Waals surface area contributed by atoms with Gasteiger partial charge in [-0.1, -0.05) is 6.07 Å². The number of anilines is 1. The first-order valence-electron chi connectivity index (χ1n) is 8.72. The minimum atomic E-state index is -5.10. The number of alkyl halides is 3. The summed E-state index contributed by atoms with van der Waals surface area (Å²) in [4.78, 5) is 30.3. The summed E-state index contributed by atoms with van der Waals surface area (Å²) in [5, 5.41) is 0. The van der Waals surface area contributed by atoms with Crippen molar-refractivity contribution in [2.75, 3.05) is 5.73 Å². The van der Waals surface area contributed by atoms with Crippen LogP contribution in [-0.4, -0.2) is 22.1 Å². The Labute approximate surface area is 171 Å². The second-order valence-electron chi connectivity index (χ2n) is 6.46. The first kappa shape index (κ1) is 21.9. The average Bonchev–Trinajstić information content (AvgIpc) is 2.69. The lowest BCUT2D eigenvalue weighted by Crippen LogP contribution is -2.18. The van der Waals surface area contributed by atoms with Crippen LogP contribution in [0, 0.1) is 11.6 Å². The Hall–Kier alpha value is -3.76. The molecule has 0 radical (unpaired) electrons. The van der Waals surface area contributed by atoms with Gasteiger partial charge in [-0.2, -0.15) is 0 Å². The van der Waals surface area contributed by atoms with Crippen LogP contribution < -0.4 is 16.0 Å². The molecule has 2 aromatic heterocycles. The Morgan fingerprint density at radius 2 is 1.90 bits per heavy atom. The highest BCUT2D eigenvalue weighted by atomic mass is 19.4. The van der Waals surface area contributed by atoms with Crippen LogP contribution in [0.5, 0.6) is 5.75 Å². The molecule has 162 valence electrons. The molecule has 2 heterocycles. The van der Waals surface area contributed by atoms with Crippen molar-refractivity contribution < 1.29 is 31.5 Å². The lowest BCUT2D eigenvalue weighted by molar-refractivity contribution is -0.275. The van der Waals surface area contributed by atoms with Crippen molar-refractivity contribution in [2.24, 2.45) is 0 Å². The highest BCUT2D eigenvalue weighted by Crippen LogP contribution is 2.33. The highest BCUT2D eigenvalue weighted by molar-refractivity contribution is 5.97. The van der Waals surface area contributed by atoms with Crippen LogP contribution in [0.4, 0.5) is 27.6 Å². The van der Waals surface area contributed by atoms with Gasteiger partial charge in [0.15, 0.2) is 17.3 Å². The quantitative estimate of drug-likeness (QED) is 0.448. The molecular weight excluding hydrogens is 425 g/mol. The number of halogens is 5. The number of carbonyl (C=O) groups is 1. The Morgan fingerprint density at radius 3 is 2.52 bits per heavy atom. The van der Waals surface area contributed by atoms with E-state index in [4.69, 9.17) is 5.73 Å². The lowest BCUT2D eigenvalue weighted by atomic mass is 9.88. The third-order valence-corrected chi connectivity index (χ3v) is 4.34. The number of benzene rings is 1. The van der Waals surface area contributed by atoms with Gasteiger partial charge in [0.05, 0.1) is 11.4 Å². The van der Waals surface area contributed by atoms with Crippen molar-refractivity contribution in [3.05, 3.63) is 87.6 Å². The molecule has 0 spiro atoms. The van der Waals surface area contributed by atoms with Gasteiger partial charge in [0.1, 0.15) is 5.82 Å². The first-order valence-corrected chi connectivity index (χ1v) is 8.72. The summed E-state index contributed by atoms with van der Waals surface area (Å²) in [6.07, 6.45) is -3.16. The molecule has 0 saturated carbocycles. The number of hydrogen-bond acceptors (Lipinski definition) is 5. The maximum Gasteiger partial charge on any atom is 0.573 e. The fraction of sp³-hybridized carbons (Fsp3) is 0.150. The number of ketones is 1. The number of pyridine rings is 2. The fourth-order valence-corrected chi connectivity index (χ4v) is 2.93. The van der Waals surface area contributed by atoms with E-state index in [1.807, 2.05) is 0 Å². The number of hydrogen-bond donors (Lipinski definition) is 2. The van der Waals surface area contributed by atoms with Gasteiger partial charge in [0, 0.05) is 30.3 Å². The Kier molecular flexibility index (Phi) is 6.04. The van der Waals surface area contributed by atoms with E-state index in [0.717, 1.165) is 30.5 Å². The summed E-state index contributed by atoms with van der Waals surface area (Å²) < 4.78 is 69.4. The molecule has 0 unspecified atom stereocenters. The average molecular weight is 439 g/mol. The molecule has 0 fully saturated rings. The van der Waals surface area contributed by atoms with Gasteiger partial charge in [-0.25, -0.2) is 8.78 Å². The molecule has 11 heteroatoms. The topological polar surface area (TPSA) is 98.1 Å². The molecule has 3 aromatic rings. The maximum atomic E-state index is 14.4. The Balaban J connectivity index is 2.00. The Morgan fingerprint density at radius 1 is 1.16 bits per heavy atom. The van der Waals surface area contributed by atoms with Crippen LogP contribution in [0.25, 0.3) is 0 Å². The second-order valence-corrected chi connectivity index (χ2v) is 6.46. The summed E-state index contributed by atoms with van der Waals surface area (Å²) in [5.74, 6) is -4.95. The molecule has 0 aliphatic rings. The molecular formula is C20H14F5N3O3. The van der Waals surface area contributed by atoms with E-state index in [9.17, 15) is 31.5 Å². The van der Waals surface area contributed by atoms with Gasteiger partial charge >= 0.3 is 6.36 Å². The van der Waals surface area contributed by atoms with Crippen molar-refractivity contribution in [3.8, 4) is 5.75 Å². The van der Waals surface area contributed by atoms with E-state index in [1.54, 1.807) is 0 Å². The predicted molar refractivity (Wildman–Crippen MR) is 99.5 cm³/mol. The van der Waals surface area contributed by atoms with E-state index in [0.29, 0.717) is 6.07 Å². The number of aromatic amines is 1. The highest BCUT2D eigenvalue weighted by Gasteiger charge is 2.33. The zero-order chi connectivity index (χ0) is 22.8. The summed E-state index contributed by atoms with van der Waals surface area (Å²) in [7, 11) is 0. The molecule has 0 saturated heterocycles. The first-order chi connectivity index (χ1) is 14.5. The number of nitrogen functional groups attached to an aromatic ring is 1. The van der Waals surface area contributed by atoms with Gasteiger partial charge < -0.3 is 15.5 Å². The molecule has 1 atom stereocenters. The molecule has 3 rings (SSSR count). The van der Waals surface area contributed by atoms with E-state index < -0.39 is 47.4 Å². The third kappa shape index (κ3) is 5.24. The molecule has 0 aliphatic carbocycles. The number of rotatable bonds is 6. The van der Waals surface area contributed by atoms with Crippen molar-refractivity contribution in [3.63, 3.8) is 0 Å². The maximum absolute atomic E-state index is 14.4. The van der Waals surface area contributed by atoms with Crippen molar-refractivity contribution >= 4 is 11.5 Å². The summed E-state index contributed by atoms with van der Waals surface area (Å²) in [5.41, 5.74) is 4.47. The molecule has 31 heavy (non-hydrogen) atoms. The van der Waals surface area contributed by atoms with Crippen molar-refractivity contribution in [1.29, 1.82) is 0 Å². The van der Waals surface area contributed by atoms with E-state index in [1.165, 1.54) is 12.3 Å². The summed E-state index contributed by atoms with van der Waals surface area (Å²) in [6, 6.07) is 6.05. The van der Waals surface area contributed by atoms with Crippen LogP contribution in [0.3, 0.4) is 0 Å². The largest absolute Gasteiger partial charge is 0.573 e. The SMILES string of the molecule is Nc1cc(C(=O)C[C@@H](c2ccc(OC(F)(F)F)c(F)c2)c2ncccc2F)c[nH]c1=O. The third-order valence-electron chi connectivity index (χ3n) is 4.34. The number of aromatic nitrogens is 2. The number of Topliss-reactive ketones (excluding diaryl/α,β-unsaturated/α-hetero) is 1. The predicted octanol–water partition coefficient (Wildman–Crippen LogP) is 3.93. The standard InChI is InChI=1S/C20H14F5N3O3/c21-13-2-1-5-27-18(13)12(8-16(29)11-7-15(26)19(30)28-9-11)10-3-4-17(14(22)6-10)31-20(23,24)25/h1-7,9,12H,8,26H2,(H,28,30)/t12-/m0/s1. The van der Waals surface area contributed by atoms with Crippen molar-refractivity contribution in [1.82, 2.24) is 9.97 Å². The zero-order valence-corrected chi connectivity index (χ0v) is 15.5. The van der Waals surface area contributed by atoms with Crippen LogP contribution in [0.15, 0.2) is 53.6 Å². The molecule has 0 aliphatic heterocycles. The molecule has 3 N–H and O–H groups in total. The molecule has 1 aromatic carbocycles. The van der Waals surface area contributed by atoms with Gasteiger partial charge in [-0.15, -0.1) is 13.2 Å². The van der Waals surface area contributed by atoms with Crippen LogP contribution >= 0.6 is 0 Å². The Bertz CT molecular complexity index is 1180. The summed E-state index contributed by atoms with van der Waals surface area (Å²) >= 11 is 0. The number of ether oxygens (including phenoxy) is 1. The molecule has 0 amide bonds. The second kappa shape index (κ2) is 8.54. The summed E-state index contributed by atoms with van der Waals surface area (Å²) in [6.45, 7) is 0. The normalized spacial score (nSPS) is 12.4. The van der Waals surface area contributed by atoms with Gasteiger partial charge in [0.2, 0.25) is 0 Å². The molecule has 0 bridgehead atoms. The zero-order valence-electron chi connectivity index (χ0n) is 15.5. The van der Waals surface area contributed by atoms with Crippen LogP contribution in [0.2, 0.25) is 0 Å². The van der Waals surface area contributed by atoms with Crippen molar-refractivity contribution in [2.45, 2.75) is 18.7 Å². The van der Waals surface area contributed by atoms with E-state index >= 15 is 0 Å². The minimum absolute atomic E-state index is 0.00429. The molecule has 6 nitrogen and oxygen atoms in total. The number of nitrogens with one attached hydrogen (secondary N) is 1. The number of nitrogens with zero attached hydrogens (tertiary/aromatic N) is 1. The monoisotopic (exact) mass is 439 g/mol. The van der Waals surface area contributed by atoms with Gasteiger partial charge in [0.25, 0.3) is 5.56 Å². The minimum Gasteiger partial charge on any atom is -0.403 e. The number of H-pyrrole nitrogens is 1.